The summed E-state index contributed by atoms with van der Waals surface area (Å²) in [4.78, 5) is 2.60. The first kappa shape index (κ1) is 11.2. The van der Waals surface area contributed by atoms with Crippen LogP contribution in [0.5, 0.6) is 0 Å². The molecule has 1 saturated heterocycles. The van der Waals surface area contributed by atoms with Crippen molar-refractivity contribution in [2.75, 3.05) is 13.1 Å². The van der Waals surface area contributed by atoms with Gasteiger partial charge in [0.2, 0.25) is 0 Å². The normalized spacial score (nSPS) is 26.0. The molecule has 92 valence electrons. The van der Waals surface area contributed by atoms with Gasteiger partial charge in [0.25, 0.3) is 0 Å². The third-order valence-electron chi connectivity index (χ3n) is 3.80. The molecule has 0 amide bonds. The van der Waals surface area contributed by atoms with E-state index >= 15 is 0 Å². The van der Waals surface area contributed by atoms with Crippen LogP contribution in [0.15, 0.2) is 30.3 Å². The largest absolute Gasteiger partial charge is 0.310 e. The van der Waals surface area contributed by atoms with E-state index in [9.17, 15) is 0 Å². The van der Waals surface area contributed by atoms with Crippen molar-refractivity contribution in [1.82, 2.24) is 10.2 Å². The van der Waals surface area contributed by atoms with Crippen LogP contribution >= 0.6 is 0 Å². The molecule has 2 fully saturated rings. The maximum Gasteiger partial charge on any atom is 0.0234 e. The first-order valence-electron chi connectivity index (χ1n) is 6.92. The topological polar surface area (TPSA) is 15.3 Å². The summed E-state index contributed by atoms with van der Waals surface area (Å²) < 4.78 is 0. The van der Waals surface area contributed by atoms with E-state index < -0.39 is 0 Å². The molecule has 1 aromatic carbocycles. The van der Waals surface area contributed by atoms with Gasteiger partial charge in [-0.25, -0.2) is 0 Å². The third kappa shape index (κ3) is 3.30. The molecule has 0 aromatic heterocycles. The van der Waals surface area contributed by atoms with E-state index in [-0.39, 0.29) is 0 Å². The lowest BCUT2D eigenvalue weighted by atomic mass is 10.0. The molecule has 1 atom stereocenters. The molecule has 0 unspecified atom stereocenters. The summed E-state index contributed by atoms with van der Waals surface area (Å²) in [6.45, 7) is 3.60. The van der Waals surface area contributed by atoms with Gasteiger partial charge in [0, 0.05) is 25.2 Å². The highest BCUT2D eigenvalue weighted by atomic mass is 15.2. The van der Waals surface area contributed by atoms with E-state index in [0.29, 0.717) is 0 Å². The van der Waals surface area contributed by atoms with Crippen molar-refractivity contribution in [1.29, 1.82) is 0 Å². The van der Waals surface area contributed by atoms with E-state index in [4.69, 9.17) is 0 Å². The highest BCUT2D eigenvalue weighted by Crippen LogP contribution is 2.22. The van der Waals surface area contributed by atoms with Crippen LogP contribution in [0, 0.1) is 0 Å². The van der Waals surface area contributed by atoms with Gasteiger partial charge in [-0.2, -0.15) is 0 Å². The molecule has 3 rings (SSSR count). The molecule has 1 heterocycles. The second-order valence-corrected chi connectivity index (χ2v) is 5.50. The molecule has 1 aliphatic heterocycles. The van der Waals surface area contributed by atoms with E-state index in [1.165, 1.54) is 44.3 Å². The van der Waals surface area contributed by atoms with Crippen LogP contribution in [0.4, 0.5) is 0 Å². The average molecular weight is 230 g/mol. The van der Waals surface area contributed by atoms with E-state index in [0.717, 1.165) is 18.6 Å². The predicted molar refractivity (Wildman–Crippen MR) is 70.9 cm³/mol. The monoisotopic (exact) mass is 230 g/mol. The number of likely N-dealkylation sites (tertiary alicyclic amines) is 1. The fourth-order valence-corrected chi connectivity index (χ4v) is 2.76. The van der Waals surface area contributed by atoms with Crippen molar-refractivity contribution in [2.45, 2.75) is 44.3 Å². The highest BCUT2D eigenvalue weighted by Gasteiger charge is 2.27. The van der Waals surface area contributed by atoms with Crippen molar-refractivity contribution in [3.63, 3.8) is 0 Å². The molecule has 0 spiro atoms. The van der Waals surface area contributed by atoms with Crippen molar-refractivity contribution in [3.8, 4) is 0 Å². The van der Waals surface area contributed by atoms with Crippen molar-refractivity contribution in [3.05, 3.63) is 35.9 Å². The minimum absolute atomic E-state index is 0.736. The lowest BCUT2D eigenvalue weighted by molar-refractivity contribution is 0.182. The lowest BCUT2D eigenvalue weighted by Gasteiger charge is -2.33. The predicted octanol–water partition coefficient (Wildman–Crippen LogP) is 2.40. The number of rotatable bonds is 4. The standard InChI is InChI=1S/C15H22N2/c1-2-5-13(6-3-1)11-17-10-4-7-15(12-17)16-14-8-9-14/h1-3,5-6,14-16H,4,7-12H2/t15-/m0/s1. The molecule has 17 heavy (non-hydrogen) atoms. The summed E-state index contributed by atoms with van der Waals surface area (Å²) >= 11 is 0. The summed E-state index contributed by atoms with van der Waals surface area (Å²) in [5.74, 6) is 0. The fourth-order valence-electron chi connectivity index (χ4n) is 2.76. The van der Waals surface area contributed by atoms with Crippen LogP contribution in [-0.4, -0.2) is 30.1 Å². The number of hydrogen-bond acceptors (Lipinski definition) is 2. The number of benzene rings is 1. The van der Waals surface area contributed by atoms with Gasteiger partial charge in [-0.1, -0.05) is 30.3 Å². The summed E-state index contributed by atoms with van der Waals surface area (Å²) in [5, 5.41) is 3.77. The Labute approximate surface area is 104 Å². The SMILES string of the molecule is c1ccc(CN2CCC[C@H](NC3CC3)C2)cc1. The Kier molecular flexibility index (Phi) is 3.44. The summed E-state index contributed by atoms with van der Waals surface area (Å²) in [6, 6.07) is 12.4. The van der Waals surface area contributed by atoms with Gasteiger partial charge in [0.1, 0.15) is 0 Å². The summed E-state index contributed by atoms with van der Waals surface area (Å²) in [5.41, 5.74) is 1.44. The van der Waals surface area contributed by atoms with E-state index in [2.05, 4.69) is 40.5 Å². The molecule has 1 aromatic rings. The highest BCUT2D eigenvalue weighted by molar-refractivity contribution is 5.14. The fraction of sp³-hybridized carbons (Fsp3) is 0.600. The summed E-state index contributed by atoms with van der Waals surface area (Å²) in [6.07, 6.45) is 5.50. The van der Waals surface area contributed by atoms with Crippen LogP contribution in [-0.2, 0) is 6.54 Å². The van der Waals surface area contributed by atoms with E-state index in [1.54, 1.807) is 0 Å². The summed E-state index contributed by atoms with van der Waals surface area (Å²) in [7, 11) is 0. The number of piperidine rings is 1. The van der Waals surface area contributed by atoms with Gasteiger partial charge >= 0.3 is 0 Å². The van der Waals surface area contributed by atoms with Crippen molar-refractivity contribution < 1.29 is 0 Å². The van der Waals surface area contributed by atoms with Crippen LogP contribution in [0.2, 0.25) is 0 Å². The first-order valence-corrected chi connectivity index (χ1v) is 6.92. The van der Waals surface area contributed by atoms with Gasteiger partial charge in [-0.15, -0.1) is 0 Å². The number of nitrogens with zero attached hydrogens (tertiary/aromatic N) is 1. The van der Waals surface area contributed by atoms with Crippen molar-refractivity contribution in [2.24, 2.45) is 0 Å². The second-order valence-electron chi connectivity index (χ2n) is 5.50. The molecular formula is C15H22N2. The van der Waals surface area contributed by atoms with Crippen LogP contribution < -0.4 is 5.32 Å². The second kappa shape index (κ2) is 5.19. The number of nitrogens with one attached hydrogen (secondary N) is 1. The molecule has 0 bridgehead atoms. The number of hydrogen-bond donors (Lipinski definition) is 1. The Morgan fingerprint density at radius 3 is 2.65 bits per heavy atom. The maximum atomic E-state index is 3.77. The average Bonchev–Trinajstić information content (AvgIpc) is 3.15. The zero-order chi connectivity index (χ0) is 11.5. The van der Waals surface area contributed by atoms with Crippen LogP contribution in [0.1, 0.15) is 31.2 Å². The van der Waals surface area contributed by atoms with E-state index in [1.807, 2.05) is 0 Å². The van der Waals surface area contributed by atoms with Crippen LogP contribution in [0.25, 0.3) is 0 Å². The van der Waals surface area contributed by atoms with Gasteiger partial charge < -0.3 is 5.32 Å². The molecule has 1 N–H and O–H groups in total. The van der Waals surface area contributed by atoms with Gasteiger partial charge in [0.15, 0.2) is 0 Å². The third-order valence-corrected chi connectivity index (χ3v) is 3.80. The Hall–Kier alpha value is -0.860. The molecule has 2 aliphatic rings. The lowest BCUT2D eigenvalue weighted by Crippen LogP contribution is -2.46. The van der Waals surface area contributed by atoms with Crippen molar-refractivity contribution >= 4 is 0 Å². The molecule has 1 aliphatic carbocycles. The molecule has 0 radical (unpaired) electrons. The van der Waals surface area contributed by atoms with Crippen LogP contribution in [0.3, 0.4) is 0 Å². The quantitative estimate of drug-likeness (QED) is 0.854. The molecule has 1 saturated carbocycles. The molecular weight excluding hydrogens is 208 g/mol. The Morgan fingerprint density at radius 2 is 1.88 bits per heavy atom. The minimum atomic E-state index is 0.736. The zero-order valence-electron chi connectivity index (χ0n) is 10.4. The first-order chi connectivity index (χ1) is 8.40. The maximum absolute atomic E-state index is 3.77. The molecule has 2 heteroatoms. The Morgan fingerprint density at radius 1 is 1.06 bits per heavy atom. The Bertz CT molecular complexity index is 345. The molecule has 2 nitrogen and oxygen atoms in total. The van der Waals surface area contributed by atoms with Gasteiger partial charge in [0.05, 0.1) is 0 Å². The van der Waals surface area contributed by atoms with Gasteiger partial charge in [-0.3, -0.25) is 4.90 Å². The zero-order valence-corrected chi connectivity index (χ0v) is 10.4. The minimum Gasteiger partial charge on any atom is -0.310 e. The Balaban J connectivity index is 1.52. The smallest absolute Gasteiger partial charge is 0.0234 e. The van der Waals surface area contributed by atoms with Gasteiger partial charge in [-0.05, 0) is 37.8 Å².